The minimum absolute atomic E-state index is 0.190. The van der Waals surface area contributed by atoms with Crippen molar-refractivity contribution in [1.29, 1.82) is 0 Å². The van der Waals surface area contributed by atoms with Crippen molar-refractivity contribution >= 4 is 23.3 Å². The molecule has 2 aromatic rings. The van der Waals surface area contributed by atoms with Crippen molar-refractivity contribution in [2.45, 2.75) is 12.8 Å². The van der Waals surface area contributed by atoms with Gasteiger partial charge in [0.1, 0.15) is 16.5 Å². The second kappa shape index (κ2) is 6.79. The van der Waals surface area contributed by atoms with E-state index in [0.29, 0.717) is 31.1 Å². The zero-order valence-electron chi connectivity index (χ0n) is 13.0. The highest BCUT2D eigenvalue weighted by Crippen LogP contribution is 2.27. The molecule has 0 amide bonds. The van der Waals surface area contributed by atoms with Gasteiger partial charge in [-0.2, -0.15) is 9.78 Å². The molecule has 25 heavy (non-hydrogen) atoms. The van der Waals surface area contributed by atoms with Crippen molar-refractivity contribution in [2.75, 3.05) is 18.0 Å². The summed E-state index contributed by atoms with van der Waals surface area (Å²) in [5, 5.41) is 12.9. The molecule has 0 spiro atoms. The smallest absolute Gasteiger partial charge is 0.308 e. The molecule has 1 aromatic heterocycles. The number of benzene rings is 1. The van der Waals surface area contributed by atoms with E-state index < -0.39 is 29.1 Å². The fourth-order valence-electron chi connectivity index (χ4n) is 2.87. The second-order valence-corrected chi connectivity index (χ2v) is 6.16. The average molecular weight is 370 g/mol. The summed E-state index contributed by atoms with van der Waals surface area (Å²) >= 11 is 6.13. The molecule has 132 valence electrons. The van der Waals surface area contributed by atoms with Crippen LogP contribution in [0.2, 0.25) is 5.02 Å². The third-order valence-corrected chi connectivity index (χ3v) is 4.51. The Hall–Kier alpha value is -2.48. The van der Waals surface area contributed by atoms with Crippen LogP contribution in [0.15, 0.2) is 29.2 Å². The molecule has 1 fully saturated rings. The van der Waals surface area contributed by atoms with Crippen LogP contribution in [0.5, 0.6) is 0 Å². The minimum atomic E-state index is -0.942. The van der Waals surface area contributed by atoms with Crippen LogP contribution in [0.1, 0.15) is 12.8 Å². The van der Waals surface area contributed by atoms with Crippen molar-refractivity contribution in [1.82, 2.24) is 9.78 Å². The van der Waals surface area contributed by atoms with E-state index in [-0.39, 0.29) is 17.3 Å². The molecule has 0 aliphatic carbocycles. The third kappa shape index (κ3) is 3.34. The number of carboxylic acid groups (broad SMARTS) is 1. The van der Waals surface area contributed by atoms with Crippen LogP contribution < -0.4 is 10.5 Å². The van der Waals surface area contributed by atoms with E-state index in [1.165, 1.54) is 6.20 Å². The van der Waals surface area contributed by atoms with Gasteiger partial charge in [-0.25, -0.2) is 8.78 Å². The maximum absolute atomic E-state index is 13.9. The van der Waals surface area contributed by atoms with Gasteiger partial charge in [0, 0.05) is 19.2 Å². The van der Waals surface area contributed by atoms with E-state index in [1.807, 2.05) is 0 Å². The Balaban J connectivity index is 1.98. The number of carboxylic acids is 1. The van der Waals surface area contributed by atoms with Gasteiger partial charge in [0.2, 0.25) is 0 Å². The molecule has 1 unspecified atom stereocenters. The number of hydrogen-bond acceptors (Lipinski definition) is 4. The van der Waals surface area contributed by atoms with Crippen LogP contribution in [-0.2, 0) is 4.79 Å². The van der Waals surface area contributed by atoms with Crippen LogP contribution in [-0.4, -0.2) is 33.9 Å². The SMILES string of the molecule is O=C(O)C1CCCN(c2cnn(-c3ccc(F)cc3F)c(=O)c2Cl)C1. The Morgan fingerprint density at radius 1 is 1.32 bits per heavy atom. The maximum atomic E-state index is 13.9. The second-order valence-electron chi connectivity index (χ2n) is 5.78. The zero-order valence-corrected chi connectivity index (χ0v) is 13.7. The number of anilines is 1. The summed E-state index contributed by atoms with van der Waals surface area (Å²) in [6, 6.07) is 2.75. The van der Waals surface area contributed by atoms with Crippen LogP contribution >= 0.6 is 11.6 Å². The van der Waals surface area contributed by atoms with Gasteiger partial charge in [-0.1, -0.05) is 11.6 Å². The first-order valence-corrected chi connectivity index (χ1v) is 7.97. The van der Waals surface area contributed by atoms with Gasteiger partial charge < -0.3 is 10.0 Å². The van der Waals surface area contributed by atoms with Crippen LogP contribution in [0.4, 0.5) is 14.5 Å². The molecule has 0 radical (unpaired) electrons. The quantitative estimate of drug-likeness (QED) is 0.899. The van der Waals surface area contributed by atoms with Crippen LogP contribution in [0.25, 0.3) is 5.69 Å². The summed E-state index contributed by atoms with van der Waals surface area (Å²) in [5.74, 6) is -3.18. The van der Waals surface area contributed by atoms with Crippen LogP contribution in [0.3, 0.4) is 0 Å². The van der Waals surface area contributed by atoms with Crippen molar-refractivity contribution in [3.8, 4) is 5.69 Å². The fourth-order valence-corrected chi connectivity index (χ4v) is 3.12. The highest BCUT2D eigenvalue weighted by molar-refractivity contribution is 6.33. The molecule has 6 nitrogen and oxygen atoms in total. The normalized spacial score (nSPS) is 17.6. The summed E-state index contributed by atoms with van der Waals surface area (Å²) in [5.41, 5.74) is -0.680. The Labute approximate surface area is 146 Å². The number of halogens is 3. The van der Waals surface area contributed by atoms with Gasteiger partial charge in [-0.3, -0.25) is 9.59 Å². The van der Waals surface area contributed by atoms with E-state index in [0.717, 1.165) is 16.8 Å². The van der Waals surface area contributed by atoms with Crippen molar-refractivity contribution < 1.29 is 18.7 Å². The van der Waals surface area contributed by atoms with Gasteiger partial charge in [-0.05, 0) is 25.0 Å². The van der Waals surface area contributed by atoms with Gasteiger partial charge in [0.25, 0.3) is 5.56 Å². The Morgan fingerprint density at radius 3 is 2.76 bits per heavy atom. The topological polar surface area (TPSA) is 75.4 Å². The molecular formula is C16H14ClF2N3O3. The highest BCUT2D eigenvalue weighted by Gasteiger charge is 2.27. The number of nitrogens with zero attached hydrogens (tertiary/aromatic N) is 3. The predicted molar refractivity (Wildman–Crippen MR) is 87.3 cm³/mol. The number of rotatable bonds is 3. The molecular weight excluding hydrogens is 356 g/mol. The molecule has 1 N–H and O–H groups in total. The molecule has 9 heteroatoms. The molecule has 2 heterocycles. The van der Waals surface area contributed by atoms with E-state index in [1.54, 1.807) is 4.90 Å². The third-order valence-electron chi connectivity index (χ3n) is 4.15. The molecule has 3 rings (SSSR count). The molecule has 1 atom stereocenters. The molecule has 1 saturated heterocycles. The van der Waals surface area contributed by atoms with Crippen molar-refractivity contribution in [2.24, 2.45) is 5.92 Å². The Bertz CT molecular complexity index is 887. The van der Waals surface area contributed by atoms with Crippen molar-refractivity contribution in [3.63, 3.8) is 0 Å². The molecule has 1 aromatic carbocycles. The van der Waals surface area contributed by atoms with E-state index in [4.69, 9.17) is 16.7 Å². The summed E-state index contributed by atoms with van der Waals surface area (Å²) < 4.78 is 27.7. The predicted octanol–water partition coefficient (Wildman–Crippen LogP) is 2.47. The molecule has 0 saturated carbocycles. The lowest BCUT2D eigenvalue weighted by Crippen LogP contribution is -2.40. The zero-order chi connectivity index (χ0) is 18.1. The molecule has 0 bridgehead atoms. The summed E-state index contributed by atoms with van der Waals surface area (Å²) in [6.45, 7) is 0.755. The Kier molecular flexibility index (Phi) is 4.71. The largest absolute Gasteiger partial charge is 0.481 e. The molecule has 1 aliphatic rings. The standard InChI is InChI=1S/C16H14ClF2N3O3/c17-14-13(21-5-1-2-9(8-21)16(24)25)7-20-22(15(14)23)12-4-3-10(18)6-11(12)19/h3-4,6-7,9H,1-2,5,8H2,(H,24,25). The van der Waals surface area contributed by atoms with Crippen molar-refractivity contribution in [3.05, 3.63) is 51.4 Å². The highest BCUT2D eigenvalue weighted by atomic mass is 35.5. The van der Waals surface area contributed by atoms with Crippen LogP contribution in [0, 0.1) is 17.6 Å². The minimum Gasteiger partial charge on any atom is -0.481 e. The summed E-state index contributed by atoms with van der Waals surface area (Å²) in [7, 11) is 0. The van der Waals surface area contributed by atoms with E-state index in [9.17, 15) is 18.4 Å². The first kappa shape index (κ1) is 17.3. The first-order valence-electron chi connectivity index (χ1n) is 7.59. The summed E-state index contributed by atoms with van der Waals surface area (Å²) in [6.07, 6.45) is 2.48. The number of aromatic nitrogens is 2. The fraction of sp³-hybridized carbons (Fsp3) is 0.312. The van der Waals surface area contributed by atoms with Gasteiger partial charge >= 0.3 is 5.97 Å². The number of carbonyl (C=O) groups is 1. The average Bonchev–Trinajstić information content (AvgIpc) is 2.58. The van der Waals surface area contributed by atoms with E-state index >= 15 is 0 Å². The maximum Gasteiger partial charge on any atom is 0.308 e. The van der Waals surface area contributed by atoms with E-state index in [2.05, 4.69) is 5.10 Å². The lowest BCUT2D eigenvalue weighted by Gasteiger charge is -2.32. The number of aliphatic carboxylic acids is 1. The monoisotopic (exact) mass is 369 g/mol. The summed E-state index contributed by atoms with van der Waals surface area (Å²) in [4.78, 5) is 25.3. The lowest BCUT2D eigenvalue weighted by atomic mass is 9.98. The number of piperidine rings is 1. The molecule has 1 aliphatic heterocycles. The van der Waals surface area contributed by atoms with Gasteiger partial charge in [-0.15, -0.1) is 0 Å². The lowest BCUT2D eigenvalue weighted by molar-refractivity contribution is -0.141. The number of hydrogen-bond donors (Lipinski definition) is 1. The van der Waals surface area contributed by atoms with Gasteiger partial charge in [0.05, 0.1) is 17.8 Å². The Morgan fingerprint density at radius 2 is 2.08 bits per heavy atom. The van der Waals surface area contributed by atoms with Gasteiger partial charge in [0.15, 0.2) is 5.82 Å². The first-order chi connectivity index (χ1) is 11.9.